The summed E-state index contributed by atoms with van der Waals surface area (Å²) >= 11 is 5.61. The van der Waals surface area contributed by atoms with Gasteiger partial charge in [0.05, 0.1) is 22.5 Å². The molecule has 3 aromatic carbocycles. The number of benzene rings is 3. The lowest BCUT2D eigenvalue weighted by molar-refractivity contribution is 0.0956. The van der Waals surface area contributed by atoms with E-state index in [2.05, 4.69) is 49.0 Å². The van der Waals surface area contributed by atoms with Crippen molar-refractivity contribution >= 4 is 56.3 Å². The van der Waals surface area contributed by atoms with E-state index < -0.39 is 0 Å². The summed E-state index contributed by atoms with van der Waals surface area (Å²) in [6, 6.07) is 18.4. The number of rotatable bonds is 7. The first-order chi connectivity index (χ1) is 14.5. The number of anilines is 1. The predicted molar refractivity (Wildman–Crippen MR) is 130 cm³/mol. The van der Waals surface area contributed by atoms with Crippen LogP contribution in [0, 0.1) is 3.57 Å². The Bertz CT molecular complexity index is 1070. The Balaban J connectivity index is 1.70. The van der Waals surface area contributed by atoms with Gasteiger partial charge in [-0.25, -0.2) is 5.43 Å². The molecule has 1 amide bonds. The number of nitrogen functional groups attached to an aromatic ring is 1. The molecule has 8 heteroatoms. The Kier molecular flexibility index (Phi) is 7.69. The highest BCUT2D eigenvalue weighted by Gasteiger charge is 2.12. The quantitative estimate of drug-likeness (QED) is 0.179. The number of amides is 1. The Morgan fingerprint density at radius 2 is 1.93 bits per heavy atom. The number of ether oxygens (including phenoxy) is 2. The highest BCUT2D eigenvalue weighted by atomic mass is 127. The van der Waals surface area contributed by atoms with Crippen molar-refractivity contribution in [1.29, 1.82) is 0 Å². The van der Waals surface area contributed by atoms with Crippen molar-refractivity contribution in [2.75, 3.05) is 12.8 Å². The van der Waals surface area contributed by atoms with Gasteiger partial charge in [-0.2, -0.15) is 5.10 Å². The van der Waals surface area contributed by atoms with Gasteiger partial charge in [-0.1, -0.05) is 40.2 Å². The smallest absolute Gasteiger partial charge is 0.273 e. The van der Waals surface area contributed by atoms with E-state index in [0.717, 1.165) is 19.2 Å². The first kappa shape index (κ1) is 22.1. The van der Waals surface area contributed by atoms with Crippen molar-refractivity contribution in [3.05, 3.63) is 85.4 Å². The van der Waals surface area contributed by atoms with E-state index in [1.54, 1.807) is 43.7 Å². The maximum atomic E-state index is 12.2. The van der Waals surface area contributed by atoms with Crippen LogP contribution < -0.4 is 20.6 Å². The number of hydrazone groups is 1. The van der Waals surface area contributed by atoms with Crippen LogP contribution in [0.4, 0.5) is 5.69 Å². The molecule has 0 radical (unpaired) electrons. The van der Waals surface area contributed by atoms with Crippen LogP contribution in [0.2, 0.25) is 0 Å². The second kappa shape index (κ2) is 10.4. The second-order valence-corrected chi connectivity index (χ2v) is 8.31. The highest BCUT2D eigenvalue weighted by Crippen LogP contribution is 2.34. The lowest BCUT2D eigenvalue weighted by Crippen LogP contribution is -2.19. The van der Waals surface area contributed by atoms with Crippen molar-refractivity contribution in [1.82, 2.24) is 5.43 Å². The van der Waals surface area contributed by atoms with Crippen LogP contribution in [-0.2, 0) is 6.61 Å². The number of nitrogens with two attached hydrogens (primary N) is 1. The third-order valence-electron chi connectivity index (χ3n) is 4.13. The molecule has 0 aliphatic heterocycles. The molecule has 0 aromatic heterocycles. The Hall–Kier alpha value is -2.59. The first-order valence-electron chi connectivity index (χ1n) is 8.90. The van der Waals surface area contributed by atoms with Crippen LogP contribution in [0.5, 0.6) is 11.5 Å². The fourth-order valence-electron chi connectivity index (χ4n) is 2.62. The molecule has 0 atom stereocenters. The van der Waals surface area contributed by atoms with Gasteiger partial charge in [0.2, 0.25) is 0 Å². The summed E-state index contributed by atoms with van der Waals surface area (Å²) < 4.78 is 13.3. The van der Waals surface area contributed by atoms with Gasteiger partial charge in [0, 0.05) is 10.2 Å². The second-order valence-electron chi connectivity index (χ2n) is 6.24. The van der Waals surface area contributed by atoms with Gasteiger partial charge in [0.15, 0.2) is 11.5 Å². The number of methoxy groups -OCH3 is 1. The maximum Gasteiger partial charge on any atom is 0.273 e. The monoisotopic (exact) mass is 579 g/mol. The zero-order valence-corrected chi connectivity index (χ0v) is 19.8. The lowest BCUT2D eigenvalue weighted by Gasteiger charge is -2.13. The fourth-order valence-corrected chi connectivity index (χ4v) is 3.67. The van der Waals surface area contributed by atoms with Gasteiger partial charge in [0.25, 0.3) is 5.91 Å². The van der Waals surface area contributed by atoms with Crippen LogP contribution in [-0.4, -0.2) is 19.2 Å². The molecule has 0 unspecified atom stereocenters. The van der Waals surface area contributed by atoms with Crippen LogP contribution in [0.25, 0.3) is 0 Å². The van der Waals surface area contributed by atoms with E-state index in [0.29, 0.717) is 29.4 Å². The summed E-state index contributed by atoms with van der Waals surface area (Å²) in [5.74, 6) is 0.860. The molecule has 3 rings (SSSR count). The Labute approximate surface area is 196 Å². The van der Waals surface area contributed by atoms with Crippen LogP contribution in [0.1, 0.15) is 21.5 Å². The predicted octanol–water partition coefficient (Wildman–Crippen LogP) is 4.99. The summed E-state index contributed by atoms with van der Waals surface area (Å²) in [5.41, 5.74) is 10.9. The van der Waals surface area contributed by atoms with Crippen molar-refractivity contribution in [3.63, 3.8) is 0 Å². The van der Waals surface area contributed by atoms with E-state index in [1.165, 1.54) is 0 Å². The average Bonchev–Trinajstić information content (AvgIpc) is 2.74. The normalized spacial score (nSPS) is 10.8. The van der Waals surface area contributed by atoms with Crippen molar-refractivity contribution in [2.45, 2.75) is 6.61 Å². The number of hydrogen-bond acceptors (Lipinski definition) is 5. The minimum absolute atomic E-state index is 0.374. The van der Waals surface area contributed by atoms with Crippen molar-refractivity contribution in [2.24, 2.45) is 5.10 Å². The van der Waals surface area contributed by atoms with E-state index >= 15 is 0 Å². The number of carbonyl (C=O) groups excluding carboxylic acids is 1. The number of halogens is 2. The average molecular weight is 580 g/mol. The van der Waals surface area contributed by atoms with Crippen molar-refractivity contribution in [3.8, 4) is 11.5 Å². The molecular weight excluding hydrogens is 561 g/mol. The van der Waals surface area contributed by atoms with Gasteiger partial charge in [-0.3, -0.25) is 4.79 Å². The van der Waals surface area contributed by atoms with Gasteiger partial charge < -0.3 is 15.2 Å². The maximum absolute atomic E-state index is 12.2. The Morgan fingerprint density at radius 3 is 2.63 bits per heavy atom. The van der Waals surface area contributed by atoms with Gasteiger partial charge in [-0.05, 0) is 70.1 Å². The molecular formula is C22H19BrIN3O3. The molecule has 0 heterocycles. The highest BCUT2D eigenvalue weighted by molar-refractivity contribution is 14.1. The summed E-state index contributed by atoms with van der Waals surface area (Å²) in [7, 11) is 1.58. The fraction of sp³-hybridized carbons (Fsp3) is 0.0909. The molecule has 3 N–H and O–H groups in total. The molecule has 0 fully saturated rings. The van der Waals surface area contributed by atoms with Crippen LogP contribution in [0.15, 0.2) is 70.2 Å². The molecule has 0 aliphatic rings. The molecule has 0 saturated heterocycles. The number of nitrogens with zero attached hydrogens (tertiary/aromatic N) is 1. The molecule has 0 aliphatic carbocycles. The van der Waals surface area contributed by atoms with Crippen molar-refractivity contribution < 1.29 is 14.3 Å². The first-order valence-corrected chi connectivity index (χ1v) is 10.8. The summed E-state index contributed by atoms with van der Waals surface area (Å²) in [4.78, 5) is 12.2. The summed E-state index contributed by atoms with van der Waals surface area (Å²) in [6.07, 6.45) is 1.54. The summed E-state index contributed by atoms with van der Waals surface area (Å²) in [5, 5.41) is 4.02. The van der Waals surface area contributed by atoms with E-state index in [-0.39, 0.29) is 5.91 Å². The topological polar surface area (TPSA) is 85.9 Å². The SMILES string of the molecule is COc1cc(/C=N/NC(=O)c2ccccc2N)cc(I)c1OCc1ccc(Br)cc1. The number of nitrogens with one attached hydrogen (secondary N) is 1. The van der Waals surface area contributed by atoms with Gasteiger partial charge in [-0.15, -0.1) is 0 Å². The van der Waals surface area contributed by atoms with E-state index in [4.69, 9.17) is 15.2 Å². The third-order valence-corrected chi connectivity index (χ3v) is 5.46. The molecule has 3 aromatic rings. The number of para-hydroxylation sites is 1. The van der Waals surface area contributed by atoms with Gasteiger partial charge >= 0.3 is 0 Å². The molecule has 0 bridgehead atoms. The lowest BCUT2D eigenvalue weighted by atomic mass is 10.2. The van der Waals surface area contributed by atoms with Crippen LogP contribution in [0.3, 0.4) is 0 Å². The minimum atomic E-state index is -0.375. The molecule has 154 valence electrons. The zero-order chi connectivity index (χ0) is 21.5. The van der Waals surface area contributed by atoms with Crippen LogP contribution >= 0.6 is 38.5 Å². The largest absolute Gasteiger partial charge is 0.493 e. The number of carbonyl (C=O) groups is 1. The van der Waals surface area contributed by atoms with E-state index in [9.17, 15) is 4.79 Å². The third kappa shape index (κ3) is 5.73. The number of hydrogen-bond donors (Lipinski definition) is 2. The van der Waals surface area contributed by atoms with E-state index in [1.807, 2.05) is 30.3 Å². The minimum Gasteiger partial charge on any atom is -0.493 e. The Morgan fingerprint density at radius 1 is 1.20 bits per heavy atom. The molecule has 0 saturated carbocycles. The van der Waals surface area contributed by atoms with Gasteiger partial charge in [0.1, 0.15) is 6.61 Å². The molecule has 6 nitrogen and oxygen atoms in total. The molecule has 30 heavy (non-hydrogen) atoms. The molecule has 0 spiro atoms. The standard InChI is InChI=1S/C22H19BrIN3O3/c1-29-20-11-15(12-26-27-22(28)17-4-2-3-5-19(17)25)10-18(24)21(20)30-13-14-6-8-16(23)9-7-14/h2-12H,13,25H2,1H3,(H,27,28)/b26-12+. The summed E-state index contributed by atoms with van der Waals surface area (Å²) in [6.45, 7) is 0.418. The zero-order valence-electron chi connectivity index (χ0n) is 16.1.